The van der Waals surface area contributed by atoms with Crippen molar-refractivity contribution in [1.82, 2.24) is 25.3 Å². The molecule has 158 valence electrons. The number of amides is 2. The molecule has 1 N–H and O–H groups in total. The highest BCUT2D eigenvalue weighted by atomic mass is 16.5. The second-order valence-electron chi connectivity index (χ2n) is 7.83. The van der Waals surface area contributed by atoms with Crippen molar-refractivity contribution in [1.29, 1.82) is 0 Å². The molecule has 0 bridgehead atoms. The maximum absolute atomic E-state index is 13.0. The van der Waals surface area contributed by atoms with Crippen LogP contribution in [0.5, 0.6) is 5.75 Å². The zero-order valence-electron chi connectivity index (χ0n) is 17.5. The minimum atomic E-state index is -0.617. The van der Waals surface area contributed by atoms with E-state index in [9.17, 15) is 9.59 Å². The lowest BCUT2D eigenvalue weighted by molar-refractivity contribution is -0.125. The molecule has 9 nitrogen and oxygen atoms in total. The molecule has 2 amide bonds. The van der Waals surface area contributed by atoms with E-state index in [4.69, 9.17) is 9.72 Å². The Bertz CT molecular complexity index is 1200. The van der Waals surface area contributed by atoms with Gasteiger partial charge in [0.1, 0.15) is 0 Å². The Labute approximate surface area is 179 Å². The summed E-state index contributed by atoms with van der Waals surface area (Å²) < 4.78 is 7.46. The number of rotatable bonds is 3. The van der Waals surface area contributed by atoms with E-state index in [0.29, 0.717) is 29.4 Å². The van der Waals surface area contributed by atoms with Gasteiger partial charge in [-0.3, -0.25) is 19.2 Å². The number of hydrogen-bond acceptors (Lipinski definition) is 6. The van der Waals surface area contributed by atoms with Crippen LogP contribution in [0.15, 0.2) is 30.3 Å². The van der Waals surface area contributed by atoms with E-state index in [1.165, 1.54) is 0 Å². The summed E-state index contributed by atoms with van der Waals surface area (Å²) in [6.45, 7) is 4.53. The molecule has 0 radical (unpaired) electrons. The van der Waals surface area contributed by atoms with Gasteiger partial charge in [0.2, 0.25) is 0 Å². The van der Waals surface area contributed by atoms with Crippen molar-refractivity contribution in [3.8, 4) is 17.0 Å². The van der Waals surface area contributed by atoms with E-state index < -0.39 is 6.10 Å². The molecule has 0 saturated carbocycles. The van der Waals surface area contributed by atoms with Gasteiger partial charge in [-0.15, -0.1) is 5.10 Å². The van der Waals surface area contributed by atoms with Gasteiger partial charge in [-0.25, -0.2) is 4.98 Å². The number of pyridine rings is 1. The van der Waals surface area contributed by atoms with E-state index in [0.717, 1.165) is 28.9 Å². The van der Waals surface area contributed by atoms with Crippen molar-refractivity contribution in [2.24, 2.45) is 7.05 Å². The fourth-order valence-corrected chi connectivity index (χ4v) is 4.02. The third-order valence-corrected chi connectivity index (χ3v) is 5.79. The fraction of sp³-hybridized carbons (Fsp3) is 0.318. The third kappa shape index (κ3) is 3.22. The molecule has 5 rings (SSSR count). The number of nitrogens with one attached hydrogen (secondary N) is 1. The summed E-state index contributed by atoms with van der Waals surface area (Å²) in [6, 6.07) is 9.45. The van der Waals surface area contributed by atoms with Crippen LogP contribution in [0.25, 0.3) is 11.3 Å². The molecule has 2 aliphatic heterocycles. The second-order valence-corrected chi connectivity index (χ2v) is 7.83. The third-order valence-electron chi connectivity index (χ3n) is 5.79. The second kappa shape index (κ2) is 7.19. The molecule has 1 atom stereocenters. The molecule has 2 aliphatic rings. The molecule has 31 heavy (non-hydrogen) atoms. The monoisotopic (exact) mass is 418 g/mol. The lowest BCUT2D eigenvalue weighted by Gasteiger charge is -2.32. The number of aromatic nitrogens is 4. The van der Waals surface area contributed by atoms with Crippen LogP contribution in [-0.2, 0) is 24.8 Å². The minimum Gasteiger partial charge on any atom is -0.477 e. The topological polar surface area (TPSA) is 102 Å². The SMILES string of the molecule is Cc1nnn(C)c1CN1C(=O)[C@@H](C)Oc2ccc(-c3ccc4c(c3)C(=O)NCC4)nc21. The van der Waals surface area contributed by atoms with Crippen LogP contribution in [0, 0.1) is 6.92 Å². The summed E-state index contributed by atoms with van der Waals surface area (Å²) in [5.74, 6) is 0.736. The van der Waals surface area contributed by atoms with Gasteiger partial charge in [-0.1, -0.05) is 17.3 Å². The van der Waals surface area contributed by atoms with Crippen molar-refractivity contribution < 1.29 is 14.3 Å². The molecule has 3 aromatic rings. The average molecular weight is 418 g/mol. The quantitative estimate of drug-likeness (QED) is 0.696. The van der Waals surface area contributed by atoms with Gasteiger partial charge in [0.15, 0.2) is 17.7 Å². The molecule has 1 aromatic carbocycles. The van der Waals surface area contributed by atoms with E-state index in [-0.39, 0.29) is 18.4 Å². The summed E-state index contributed by atoms with van der Waals surface area (Å²) in [5.41, 5.74) is 4.74. The lowest BCUT2D eigenvalue weighted by atomic mass is 9.96. The van der Waals surface area contributed by atoms with Crippen LogP contribution in [0.2, 0.25) is 0 Å². The Morgan fingerprint density at radius 1 is 1.23 bits per heavy atom. The van der Waals surface area contributed by atoms with E-state index in [1.807, 2.05) is 37.3 Å². The average Bonchev–Trinajstić information content (AvgIpc) is 3.08. The Balaban J connectivity index is 1.57. The molecule has 0 aliphatic carbocycles. The van der Waals surface area contributed by atoms with Crippen LogP contribution in [-0.4, -0.2) is 44.4 Å². The highest BCUT2D eigenvalue weighted by molar-refractivity contribution is 5.99. The standard InChI is InChI=1S/C22H22N6O3/c1-12-18(27(3)26-25-12)11-28-20-19(31-13(2)22(28)30)7-6-17(24-20)15-5-4-14-8-9-23-21(29)16(14)10-15/h4-7,10,13H,8-9,11H2,1-3H3,(H,23,29)/t13-/m1/s1. The van der Waals surface area contributed by atoms with Gasteiger partial charge in [0.25, 0.3) is 11.8 Å². The molecular formula is C22H22N6O3. The predicted octanol–water partition coefficient (Wildman–Crippen LogP) is 1.79. The summed E-state index contributed by atoms with van der Waals surface area (Å²) >= 11 is 0. The number of hydrogen-bond donors (Lipinski definition) is 1. The molecule has 0 unspecified atom stereocenters. The molecule has 0 spiro atoms. The van der Waals surface area contributed by atoms with Crippen molar-refractivity contribution in [2.75, 3.05) is 11.4 Å². The van der Waals surface area contributed by atoms with E-state index in [2.05, 4.69) is 15.6 Å². The number of nitrogens with zero attached hydrogens (tertiary/aromatic N) is 5. The summed E-state index contributed by atoms with van der Waals surface area (Å²) in [4.78, 5) is 31.6. The number of aryl methyl sites for hydroxylation is 2. The van der Waals surface area contributed by atoms with Crippen LogP contribution in [0.4, 0.5) is 5.82 Å². The van der Waals surface area contributed by atoms with Crippen LogP contribution >= 0.6 is 0 Å². The zero-order chi connectivity index (χ0) is 21.7. The number of ether oxygens (including phenoxy) is 1. The normalized spacial score (nSPS) is 17.6. The van der Waals surface area contributed by atoms with Crippen LogP contribution in [0.1, 0.15) is 34.2 Å². The summed E-state index contributed by atoms with van der Waals surface area (Å²) in [7, 11) is 1.80. The summed E-state index contributed by atoms with van der Waals surface area (Å²) in [5, 5.41) is 11.0. The fourth-order valence-electron chi connectivity index (χ4n) is 4.02. The number of carbonyl (C=O) groups excluding carboxylic acids is 2. The number of fused-ring (bicyclic) bond motifs is 2. The Morgan fingerprint density at radius 2 is 2.06 bits per heavy atom. The Morgan fingerprint density at radius 3 is 2.84 bits per heavy atom. The van der Waals surface area contributed by atoms with Gasteiger partial charge in [0.05, 0.1) is 23.6 Å². The number of carbonyl (C=O) groups is 2. The number of benzene rings is 1. The highest BCUT2D eigenvalue weighted by Gasteiger charge is 2.34. The largest absolute Gasteiger partial charge is 0.477 e. The van der Waals surface area contributed by atoms with Crippen molar-refractivity contribution in [2.45, 2.75) is 32.9 Å². The van der Waals surface area contributed by atoms with Gasteiger partial charge >= 0.3 is 0 Å². The van der Waals surface area contributed by atoms with Crippen LogP contribution in [0.3, 0.4) is 0 Å². The first-order valence-corrected chi connectivity index (χ1v) is 10.2. The predicted molar refractivity (Wildman–Crippen MR) is 113 cm³/mol. The molecule has 2 aromatic heterocycles. The smallest absolute Gasteiger partial charge is 0.269 e. The van der Waals surface area contributed by atoms with E-state index in [1.54, 1.807) is 23.6 Å². The van der Waals surface area contributed by atoms with Gasteiger partial charge in [-0.05, 0) is 44.0 Å². The first kappa shape index (κ1) is 19.2. The molecule has 0 saturated heterocycles. The van der Waals surface area contributed by atoms with Crippen molar-refractivity contribution in [3.63, 3.8) is 0 Å². The van der Waals surface area contributed by atoms with Crippen molar-refractivity contribution >= 4 is 17.6 Å². The van der Waals surface area contributed by atoms with Gasteiger partial charge in [-0.2, -0.15) is 0 Å². The van der Waals surface area contributed by atoms with Gasteiger partial charge in [0, 0.05) is 24.7 Å². The first-order chi connectivity index (χ1) is 14.9. The maximum Gasteiger partial charge on any atom is 0.269 e. The molecule has 0 fully saturated rings. The number of anilines is 1. The van der Waals surface area contributed by atoms with Crippen molar-refractivity contribution in [3.05, 3.63) is 52.8 Å². The Hall–Kier alpha value is -3.75. The first-order valence-electron chi connectivity index (χ1n) is 10.2. The highest BCUT2D eigenvalue weighted by Crippen LogP contribution is 2.36. The van der Waals surface area contributed by atoms with E-state index >= 15 is 0 Å². The zero-order valence-corrected chi connectivity index (χ0v) is 17.5. The van der Waals surface area contributed by atoms with Gasteiger partial charge < -0.3 is 10.1 Å². The molecule has 9 heteroatoms. The minimum absolute atomic E-state index is 0.0748. The van der Waals surface area contributed by atoms with Crippen LogP contribution < -0.4 is 15.0 Å². The molecular weight excluding hydrogens is 396 g/mol. The Kier molecular flexibility index (Phi) is 4.46. The lowest BCUT2D eigenvalue weighted by Crippen LogP contribution is -2.45. The maximum atomic E-state index is 13.0. The summed E-state index contributed by atoms with van der Waals surface area (Å²) in [6.07, 6.45) is 0.194. The molecule has 4 heterocycles.